The van der Waals surface area contributed by atoms with Crippen LogP contribution in [0, 0.1) is 17.2 Å². The predicted octanol–water partition coefficient (Wildman–Crippen LogP) is 1.33. The van der Waals surface area contributed by atoms with E-state index in [1.807, 2.05) is 13.8 Å². The highest BCUT2D eigenvalue weighted by molar-refractivity contribution is 5.90. The molecule has 0 aliphatic carbocycles. The first-order chi connectivity index (χ1) is 7.11. The zero-order chi connectivity index (χ0) is 11.3. The van der Waals surface area contributed by atoms with Crippen LogP contribution in [0.25, 0.3) is 0 Å². The van der Waals surface area contributed by atoms with Crippen LogP contribution in [0.15, 0.2) is 12.4 Å². The van der Waals surface area contributed by atoms with E-state index in [4.69, 9.17) is 5.26 Å². The smallest absolute Gasteiger partial charge is 0.232 e. The van der Waals surface area contributed by atoms with Gasteiger partial charge in [0.05, 0.1) is 18.1 Å². The number of carbonyl (C=O) groups is 1. The van der Waals surface area contributed by atoms with E-state index in [1.54, 1.807) is 6.07 Å². The zero-order valence-electron chi connectivity index (χ0n) is 8.69. The minimum absolute atomic E-state index is 0.0710. The first kappa shape index (κ1) is 11.1. The Morgan fingerprint density at radius 3 is 2.60 bits per heavy atom. The van der Waals surface area contributed by atoms with Crippen molar-refractivity contribution >= 4 is 11.6 Å². The molecule has 0 aromatic carbocycles. The van der Waals surface area contributed by atoms with Gasteiger partial charge < -0.3 is 5.32 Å². The molecule has 0 aliphatic rings. The quantitative estimate of drug-likeness (QED) is 0.805. The lowest BCUT2D eigenvalue weighted by Crippen LogP contribution is -2.14. The van der Waals surface area contributed by atoms with Gasteiger partial charge in [-0.15, -0.1) is 0 Å². The summed E-state index contributed by atoms with van der Waals surface area (Å²) < 4.78 is 0. The summed E-state index contributed by atoms with van der Waals surface area (Å²) in [7, 11) is 0. The maximum absolute atomic E-state index is 11.3. The van der Waals surface area contributed by atoms with Crippen LogP contribution in [0.3, 0.4) is 0 Å². The van der Waals surface area contributed by atoms with Gasteiger partial charge in [-0.1, -0.05) is 13.8 Å². The van der Waals surface area contributed by atoms with E-state index in [0.717, 1.165) is 0 Å². The molecule has 0 saturated carbocycles. The molecule has 15 heavy (non-hydrogen) atoms. The molecule has 0 spiro atoms. The first-order valence-corrected chi connectivity index (χ1v) is 4.64. The molecule has 0 fully saturated rings. The molecule has 1 N–H and O–H groups in total. The lowest BCUT2D eigenvalue weighted by Gasteiger charge is -2.05. The maximum Gasteiger partial charge on any atom is 0.232 e. The van der Waals surface area contributed by atoms with E-state index in [2.05, 4.69) is 15.3 Å². The van der Waals surface area contributed by atoms with Crippen LogP contribution < -0.4 is 5.32 Å². The summed E-state index contributed by atoms with van der Waals surface area (Å²) in [5, 5.41) is 11.1. The van der Waals surface area contributed by atoms with E-state index in [-0.39, 0.29) is 11.7 Å². The van der Waals surface area contributed by atoms with E-state index in [0.29, 0.717) is 18.0 Å². The molecule has 0 atom stereocenters. The first-order valence-electron chi connectivity index (χ1n) is 4.64. The van der Waals surface area contributed by atoms with Crippen molar-refractivity contribution in [1.82, 2.24) is 9.97 Å². The van der Waals surface area contributed by atoms with Crippen molar-refractivity contribution in [3.05, 3.63) is 18.2 Å². The van der Waals surface area contributed by atoms with Crippen LogP contribution in [0.4, 0.5) is 5.69 Å². The second-order valence-electron chi connectivity index (χ2n) is 3.55. The highest BCUT2D eigenvalue weighted by Crippen LogP contribution is 2.06. The standard InChI is InChI=1S/C10H12N4O/c1-7(2)3-10(15)14-8-5-12-9(4-11)13-6-8/h5-7H,3H2,1-2H3,(H,14,15). The Morgan fingerprint density at radius 1 is 1.53 bits per heavy atom. The Hall–Kier alpha value is -1.96. The van der Waals surface area contributed by atoms with Gasteiger partial charge in [0.1, 0.15) is 6.07 Å². The van der Waals surface area contributed by atoms with Crippen molar-refractivity contribution in [2.24, 2.45) is 5.92 Å². The van der Waals surface area contributed by atoms with Gasteiger partial charge in [0.25, 0.3) is 0 Å². The Balaban J connectivity index is 2.58. The Kier molecular flexibility index (Phi) is 3.75. The molecule has 1 amide bonds. The number of nitrogens with zero attached hydrogens (tertiary/aromatic N) is 3. The SMILES string of the molecule is CC(C)CC(=O)Nc1cnc(C#N)nc1. The molecule has 1 aromatic heterocycles. The molecular weight excluding hydrogens is 192 g/mol. The number of hydrogen-bond acceptors (Lipinski definition) is 4. The van der Waals surface area contributed by atoms with Crippen molar-refractivity contribution in [1.29, 1.82) is 5.26 Å². The molecule has 78 valence electrons. The number of anilines is 1. The Morgan fingerprint density at radius 2 is 2.13 bits per heavy atom. The fourth-order valence-corrected chi connectivity index (χ4v) is 1.03. The largest absolute Gasteiger partial charge is 0.323 e. The highest BCUT2D eigenvalue weighted by Gasteiger charge is 2.05. The lowest BCUT2D eigenvalue weighted by molar-refractivity contribution is -0.116. The van der Waals surface area contributed by atoms with Crippen LogP contribution in [-0.2, 0) is 4.79 Å². The Labute approximate surface area is 88.2 Å². The van der Waals surface area contributed by atoms with E-state index in [1.165, 1.54) is 12.4 Å². The summed E-state index contributed by atoms with van der Waals surface area (Å²) in [6, 6.07) is 1.80. The van der Waals surface area contributed by atoms with E-state index >= 15 is 0 Å². The molecule has 5 nitrogen and oxygen atoms in total. The fraction of sp³-hybridized carbons (Fsp3) is 0.400. The van der Waals surface area contributed by atoms with Gasteiger partial charge in [-0.05, 0) is 5.92 Å². The van der Waals surface area contributed by atoms with Crippen molar-refractivity contribution in [3.8, 4) is 6.07 Å². The summed E-state index contributed by atoms with van der Waals surface area (Å²) in [6.45, 7) is 3.93. The predicted molar refractivity (Wildman–Crippen MR) is 54.8 cm³/mol. The second kappa shape index (κ2) is 5.05. The van der Waals surface area contributed by atoms with Crippen molar-refractivity contribution in [3.63, 3.8) is 0 Å². The van der Waals surface area contributed by atoms with Crippen LogP contribution in [-0.4, -0.2) is 15.9 Å². The van der Waals surface area contributed by atoms with Crippen LogP contribution in [0.5, 0.6) is 0 Å². The number of carbonyl (C=O) groups excluding carboxylic acids is 1. The average molecular weight is 204 g/mol. The monoisotopic (exact) mass is 204 g/mol. The summed E-state index contributed by atoms with van der Waals surface area (Å²) >= 11 is 0. The van der Waals surface area contributed by atoms with Gasteiger partial charge in [0.2, 0.25) is 11.7 Å². The summed E-state index contributed by atoms with van der Waals surface area (Å²) in [4.78, 5) is 18.8. The molecule has 0 radical (unpaired) electrons. The number of nitrogens with one attached hydrogen (secondary N) is 1. The van der Waals surface area contributed by atoms with Crippen molar-refractivity contribution in [2.75, 3.05) is 5.32 Å². The molecule has 0 saturated heterocycles. The van der Waals surface area contributed by atoms with Crippen molar-refractivity contribution in [2.45, 2.75) is 20.3 Å². The third-order valence-electron chi connectivity index (χ3n) is 1.63. The number of nitriles is 1. The van der Waals surface area contributed by atoms with E-state index in [9.17, 15) is 4.79 Å². The average Bonchev–Trinajstić information content (AvgIpc) is 2.17. The molecule has 0 bridgehead atoms. The minimum Gasteiger partial charge on any atom is -0.323 e. The normalized spacial score (nSPS) is 9.73. The molecule has 1 heterocycles. The third-order valence-corrected chi connectivity index (χ3v) is 1.63. The van der Waals surface area contributed by atoms with Gasteiger partial charge in [0.15, 0.2) is 0 Å². The van der Waals surface area contributed by atoms with Gasteiger partial charge >= 0.3 is 0 Å². The highest BCUT2D eigenvalue weighted by atomic mass is 16.1. The maximum atomic E-state index is 11.3. The van der Waals surface area contributed by atoms with Gasteiger partial charge in [-0.3, -0.25) is 4.79 Å². The second-order valence-corrected chi connectivity index (χ2v) is 3.55. The molecule has 1 rings (SSSR count). The minimum atomic E-state index is -0.0710. The summed E-state index contributed by atoms with van der Waals surface area (Å²) in [6.07, 6.45) is 3.30. The number of rotatable bonds is 3. The van der Waals surface area contributed by atoms with Crippen molar-refractivity contribution < 1.29 is 4.79 Å². The molecule has 0 aliphatic heterocycles. The topological polar surface area (TPSA) is 78.7 Å². The molecule has 5 heteroatoms. The molecule has 0 unspecified atom stereocenters. The number of hydrogen-bond donors (Lipinski definition) is 1. The summed E-state index contributed by atoms with van der Waals surface area (Å²) in [5.41, 5.74) is 0.514. The Bertz CT molecular complexity index is 377. The van der Waals surface area contributed by atoms with Crippen LogP contribution in [0.1, 0.15) is 26.1 Å². The number of amides is 1. The van der Waals surface area contributed by atoms with Crippen LogP contribution >= 0.6 is 0 Å². The van der Waals surface area contributed by atoms with Gasteiger partial charge in [-0.25, -0.2) is 9.97 Å². The lowest BCUT2D eigenvalue weighted by atomic mass is 10.1. The van der Waals surface area contributed by atoms with Crippen LogP contribution in [0.2, 0.25) is 0 Å². The van der Waals surface area contributed by atoms with E-state index < -0.39 is 0 Å². The van der Waals surface area contributed by atoms with Gasteiger partial charge in [-0.2, -0.15) is 5.26 Å². The van der Waals surface area contributed by atoms with Gasteiger partial charge in [0, 0.05) is 6.42 Å². The zero-order valence-corrected chi connectivity index (χ0v) is 8.69. The number of aromatic nitrogens is 2. The fourth-order valence-electron chi connectivity index (χ4n) is 1.03. The molecular formula is C10H12N4O. The summed E-state index contributed by atoms with van der Waals surface area (Å²) in [5.74, 6) is 0.333. The third kappa shape index (κ3) is 3.73. The molecule has 1 aromatic rings.